The molecule has 12 rings (SSSR count). The molecule has 0 fully saturated rings. The standard InChI is InChI=1S/C52H36N2/c1-2-53-32-37-13-11-12-30-54(37)51(53)34-24-22-33(23-25-34)35-26-28-38-36(31-35)27-29-45-48-43-18-5-3-14-39(43)40-15-4-6-19-44(40)50(48)52(49(38)45)46-20-9-7-16-41(46)42-17-8-10-21-47(42)52/h3-32,51H,2H2,1H3/q+2. The van der Waals surface area contributed by atoms with Crippen molar-refractivity contribution in [2.45, 2.75) is 18.5 Å². The maximum absolute atomic E-state index is 2.42. The molecule has 252 valence electrons. The van der Waals surface area contributed by atoms with Gasteiger partial charge in [-0.3, -0.25) is 0 Å². The molecule has 2 nitrogen and oxygen atoms in total. The van der Waals surface area contributed by atoms with Crippen LogP contribution in [0.15, 0.2) is 176 Å². The Balaban J connectivity index is 1.10. The molecule has 1 unspecified atom stereocenters. The van der Waals surface area contributed by atoms with Gasteiger partial charge >= 0.3 is 6.17 Å². The van der Waals surface area contributed by atoms with Gasteiger partial charge in [-0.15, -0.1) is 4.57 Å². The molecular weight excluding hydrogens is 653 g/mol. The summed E-state index contributed by atoms with van der Waals surface area (Å²) in [5.74, 6) is 0. The average Bonchev–Trinajstić information content (AvgIpc) is 3.88. The Morgan fingerprint density at radius 1 is 0.500 bits per heavy atom. The number of aromatic nitrogens is 1. The van der Waals surface area contributed by atoms with Crippen LogP contribution in [0.2, 0.25) is 0 Å². The number of pyridine rings is 1. The van der Waals surface area contributed by atoms with E-state index in [2.05, 4.69) is 198 Å². The van der Waals surface area contributed by atoms with Crippen LogP contribution in [0.3, 0.4) is 0 Å². The van der Waals surface area contributed by atoms with E-state index in [1.54, 1.807) is 0 Å². The monoisotopic (exact) mass is 688 g/mol. The SMILES string of the molecule is CC[N+]1=Cc2cccc[n+]2C1c1ccc(-c2ccc3c4c(ccc3c2)-c2c(c3ccccc3c3ccccc23)C42c3ccccc3-c3ccccc32)cc1. The number of rotatable bonds is 3. The Hall–Kier alpha value is -6.64. The van der Waals surface area contributed by atoms with Crippen molar-refractivity contribution in [2.24, 2.45) is 0 Å². The molecule has 54 heavy (non-hydrogen) atoms. The second-order valence-corrected chi connectivity index (χ2v) is 15.1. The van der Waals surface area contributed by atoms with Crippen molar-refractivity contribution in [2.75, 3.05) is 6.54 Å². The number of hydrogen-bond acceptors (Lipinski definition) is 0. The predicted octanol–water partition coefficient (Wildman–Crippen LogP) is 11.5. The van der Waals surface area contributed by atoms with Gasteiger partial charge in [0.1, 0.15) is 6.54 Å². The lowest BCUT2D eigenvalue weighted by Gasteiger charge is -2.32. The van der Waals surface area contributed by atoms with Gasteiger partial charge in [0.05, 0.1) is 11.0 Å². The van der Waals surface area contributed by atoms with E-state index in [-0.39, 0.29) is 6.17 Å². The summed E-state index contributed by atoms with van der Waals surface area (Å²) >= 11 is 0. The van der Waals surface area contributed by atoms with Crippen LogP contribution in [-0.4, -0.2) is 17.3 Å². The van der Waals surface area contributed by atoms with Crippen LogP contribution in [0.4, 0.5) is 0 Å². The van der Waals surface area contributed by atoms with Gasteiger partial charge in [-0.2, -0.15) is 4.58 Å². The fourth-order valence-electron chi connectivity index (χ4n) is 10.5. The van der Waals surface area contributed by atoms with E-state index in [9.17, 15) is 0 Å². The first-order valence-corrected chi connectivity index (χ1v) is 19.2. The summed E-state index contributed by atoms with van der Waals surface area (Å²) in [7, 11) is 0. The topological polar surface area (TPSA) is 6.89 Å². The van der Waals surface area contributed by atoms with Crippen molar-refractivity contribution in [3.8, 4) is 33.4 Å². The molecule has 0 saturated heterocycles. The number of fused-ring (bicyclic) bond motifs is 18. The van der Waals surface area contributed by atoms with E-state index in [0.717, 1.165) is 6.54 Å². The Morgan fingerprint density at radius 2 is 1.13 bits per heavy atom. The van der Waals surface area contributed by atoms with Gasteiger partial charge in [-0.1, -0.05) is 133 Å². The number of hydrogen-bond donors (Lipinski definition) is 0. The molecule has 0 amide bonds. The van der Waals surface area contributed by atoms with Gasteiger partial charge in [0.15, 0.2) is 6.20 Å². The predicted molar refractivity (Wildman–Crippen MR) is 221 cm³/mol. The molecule has 8 aromatic carbocycles. The molecule has 2 aliphatic carbocycles. The molecule has 1 aromatic heterocycles. The highest BCUT2D eigenvalue weighted by atomic mass is 15.3. The number of nitrogens with zero attached hydrogens (tertiary/aromatic N) is 2. The summed E-state index contributed by atoms with van der Waals surface area (Å²) in [5.41, 5.74) is 15.5. The first-order chi connectivity index (χ1) is 26.8. The van der Waals surface area contributed by atoms with Gasteiger partial charge < -0.3 is 0 Å². The maximum Gasteiger partial charge on any atom is 0.375 e. The molecule has 1 atom stereocenters. The van der Waals surface area contributed by atoms with Crippen molar-refractivity contribution in [1.29, 1.82) is 0 Å². The van der Waals surface area contributed by atoms with Crippen LogP contribution in [-0.2, 0) is 5.41 Å². The Labute approximate surface area is 314 Å². The third-order valence-electron chi connectivity index (χ3n) is 12.6. The lowest BCUT2D eigenvalue weighted by Crippen LogP contribution is -2.43. The summed E-state index contributed by atoms with van der Waals surface area (Å²) in [6.45, 7) is 3.18. The lowest BCUT2D eigenvalue weighted by molar-refractivity contribution is -0.850. The van der Waals surface area contributed by atoms with Crippen molar-refractivity contribution in [1.82, 2.24) is 0 Å². The summed E-state index contributed by atoms with van der Waals surface area (Å²) in [5, 5.41) is 7.87. The molecule has 0 saturated carbocycles. The van der Waals surface area contributed by atoms with Gasteiger partial charge in [0.25, 0.3) is 5.69 Å². The molecule has 0 bridgehead atoms. The highest BCUT2D eigenvalue weighted by molar-refractivity contribution is 6.21. The quantitative estimate of drug-likeness (QED) is 0.129. The molecule has 9 aromatic rings. The van der Waals surface area contributed by atoms with Crippen LogP contribution >= 0.6 is 0 Å². The molecule has 1 spiro atoms. The minimum absolute atomic E-state index is 0.168. The van der Waals surface area contributed by atoms with E-state index in [1.165, 1.54) is 99.2 Å². The smallest absolute Gasteiger partial charge is 0.165 e. The van der Waals surface area contributed by atoms with Gasteiger partial charge in [-0.05, 0) is 119 Å². The fraction of sp³-hybridized carbons (Fsp3) is 0.0769. The van der Waals surface area contributed by atoms with Crippen LogP contribution in [0, 0.1) is 0 Å². The molecule has 3 aliphatic rings. The molecular formula is C52H36N2+2. The number of benzene rings is 8. The van der Waals surface area contributed by atoms with Gasteiger partial charge in [0, 0.05) is 12.1 Å². The zero-order valence-electron chi connectivity index (χ0n) is 30.0. The normalized spacial score (nSPS) is 15.6. The molecule has 0 radical (unpaired) electrons. The first-order valence-electron chi connectivity index (χ1n) is 19.2. The third kappa shape index (κ3) is 3.75. The van der Waals surface area contributed by atoms with Crippen molar-refractivity contribution >= 4 is 38.5 Å². The molecule has 0 N–H and O–H groups in total. The first kappa shape index (κ1) is 29.9. The second kappa shape index (κ2) is 10.9. The summed E-state index contributed by atoms with van der Waals surface area (Å²) in [6.07, 6.45) is 4.64. The molecule has 1 aliphatic heterocycles. The third-order valence-corrected chi connectivity index (χ3v) is 12.6. The highest BCUT2D eigenvalue weighted by Gasteiger charge is 2.53. The Bertz CT molecular complexity index is 3050. The largest absolute Gasteiger partial charge is 0.375 e. The highest BCUT2D eigenvalue weighted by Crippen LogP contribution is 2.66. The minimum Gasteiger partial charge on any atom is -0.165 e. The van der Waals surface area contributed by atoms with Crippen molar-refractivity contribution in [3.63, 3.8) is 0 Å². The zero-order chi connectivity index (χ0) is 35.5. The van der Waals surface area contributed by atoms with Crippen LogP contribution in [0.25, 0.3) is 65.7 Å². The van der Waals surface area contributed by atoms with Gasteiger partial charge in [0.2, 0.25) is 6.21 Å². The molecule has 2 heteroatoms. The zero-order valence-corrected chi connectivity index (χ0v) is 30.0. The second-order valence-electron chi connectivity index (χ2n) is 15.1. The van der Waals surface area contributed by atoms with Crippen LogP contribution < -0.4 is 4.57 Å². The molecule has 2 heterocycles. The maximum atomic E-state index is 2.42. The fourth-order valence-corrected chi connectivity index (χ4v) is 10.5. The summed E-state index contributed by atoms with van der Waals surface area (Å²) in [4.78, 5) is 0. The van der Waals surface area contributed by atoms with E-state index in [1.807, 2.05) is 0 Å². The average molecular weight is 689 g/mol. The Morgan fingerprint density at radius 3 is 1.87 bits per heavy atom. The van der Waals surface area contributed by atoms with Crippen LogP contribution in [0.5, 0.6) is 0 Å². The lowest BCUT2D eigenvalue weighted by atomic mass is 9.68. The van der Waals surface area contributed by atoms with E-state index < -0.39 is 5.41 Å². The van der Waals surface area contributed by atoms with E-state index in [0.29, 0.717) is 0 Å². The van der Waals surface area contributed by atoms with E-state index >= 15 is 0 Å². The van der Waals surface area contributed by atoms with Crippen molar-refractivity contribution < 1.29 is 9.14 Å². The van der Waals surface area contributed by atoms with Gasteiger partial charge in [-0.25, -0.2) is 0 Å². The van der Waals surface area contributed by atoms with Crippen molar-refractivity contribution in [3.05, 3.63) is 210 Å². The Kier molecular flexibility index (Phi) is 6.06. The summed E-state index contributed by atoms with van der Waals surface area (Å²) < 4.78 is 4.79. The minimum atomic E-state index is -0.457. The summed E-state index contributed by atoms with van der Waals surface area (Å²) in [6, 6.07) is 64.1. The van der Waals surface area contributed by atoms with E-state index in [4.69, 9.17) is 0 Å². The van der Waals surface area contributed by atoms with Crippen LogP contribution in [0.1, 0.15) is 46.6 Å².